The van der Waals surface area contributed by atoms with Crippen molar-refractivity contribution in [2.45, 2.75) is 6.54 Å². The van der Waals surface area contributed by atoms with E-state index in [9.17, 15) is 9.18 Å². The van der Waals surface area contributed by atoms with Crippen LogP contribution in [0.3, 0.4) is 0 Å². The third-order valence-corrected chi connectivity index (χ3v) is 2.85. The maximum absolute atomic E-state index is 13.2. The zero-order valence-electron chi connectivity index (χ0n) is 10.9. The number of carbonyl (C=O) groups excluding carboxylic acids is 1. The van der Waals surface area contributed by atoms with Crippen molar-refractivity contribution in [1.82, 2.24) is 0 Å². The summed E-state index contributed by atoms with van der Waals surface area (Å²) in [6.07, 6.45) is 0. The number of methoxy groups -OCH3 is 1. The Bertz CT molecular complexity index is 628. The van der Waals surface area contributed by atoms with Crippen LogP contribution in [0.1, 0.15) is 15.9 Å². The Kier molecular flexibility index (Phi) is 4.20. The first-order valence-electron chi connectivity index (χ1n) is 6.00. The molecule has 0 saturated heterocycles. The second-order valence-corrected chi connectivity index (χ2v) is 4.17. The Morgan fingerprint density at radius 1 is 1.30 bits per heavy atom. The number of esters is 1. The van der Waals surface area contributed by atoms with Crippen molar-refractivity contribution in [2.75, 3.05) is 12.4 Å². The maximum Gasteiger partial charge on any atom is 0.338 e. The number of carbonyl (C=O) groups is 1. The molecule has 0 aliphatic heterocycles. The summed E-state index contributed by atoms with van der Waals surface area (Å²) in [5.74, 6) is -1.51. The van der Waals surface area contributed by atoms with E-state index in [2.05, 4.69) is 5.32 Å². The van der Waals surface area contributed by atoms with E-state index in [1.54, 1.807) is 30.3 Å². The molecule has 0 radical (unpaired) electrons. The number of benzene rings is 2. The Morgan fingerprint density at radius 3 is 2.75 bits per heavy atom. The minimum atomic E-state index is -0.698. The molecule has 0 atom stereocenters. The van der Waals surface area contributed by atoms with Gasteiger partial charge >= 0.3 is 5.97 Å². The molecule has 0 fully saturated rings. The molecule has 5 heteroatoms. The third kappa shape index (κ3) is 3.06. The molecule has 0 aromatic heterocycles. The van der Waals surface area contributed by atoms with E-state index in [1.165, 1.54) is 19.2 Å². The number of nitrogens with one attached hydrogen (secondary N) is 1. The van der Waals surface area contributed by atoms with Crippen LogP contribution in [0.5, 0.6) is 5.75 Å². The summed E-state index contributed by atoms with van der Waals surface area (Å²) in [6.45, 7) is 0.343. The third-order valence-electron chi connectivity index (χ3n) is 2.85. The molecule has 104 valence electrons. The zero-order chi connectivity index (χ0) is 14.5. The molecule has 0 bridgehead atoms. The first kappa shape index (κ1) is 13.9. The van der Waals surface area contributed by atoms with Gasteiger partial charge in [0.1, 0.15) is 0 Å². The zero-order valence-corrected chi connectivity index (χ0v) is 10.9. The molecular weight excluding hydrogens is 261 g/mol. The molecule has 2 rings (SSSR count). The van der Waals surface area contributed by atoms with Gasteiger partial charge in [-0.25, -0.2) is 9.18 Å². The van der Waals surface area contributed by atoms with Crippen molar-refractivity contribution in [3.63, 3.8) is 0 Å². The Balaban J connectivity index is 2.14. The Morgan fingerprint density at radius 2 is 2.05 bits per heavy atom. The molecule has 0 amide bonds. The Hall–Kier alpha value is -2.56. The molecule has 0 aliphatic rings. The predicted octanol–water partition coefficient (Wildman–Crippen LogP) is 2.93. The number of hydrogen-bond acceptors (Lipinski definition) is 4. The number of phenolic OH excluding ortho intramolecular Hbond substituents is 1. The highest BCUT2D eigenvalue weighted by Crippen LogP contribution is 2.20. The highest BCUT2D eigenvalue weighted by molar-refractivity contribution is 5.91. The van der Waals surface area contributed by atoms with Gasteiger partial charge in [-0.15, -0.1) is 0 Å². The molecule has 0 spiro atoms. The van der Waals surface area contributed by atoms with Crippen LogP contribution in [-0.4, -0.2) is 18.2 Å². The number of ether oxygens (including phenoxy) is 1. The molecule has 20 heavy (non-hydrogen) atoms. The molecule has 0 aliphatic carbocycles. The van der Waals surface area contributed by atoms with Crippen LogP contribution in [0.15, 0.2) is 42.5 Å². The Labute approximate surface area is 115 Å². The van der Waals surface area contributed by atoms with Crippen LogP contribution in [-0.2, 0) is 11.3 Å². The summed E-state index contributed by atoms with van der Waals surface area (Å²) in [5, 5.41) is 12.1. The fourth-order valence-corrected chi connectivity index (χ4v) is 1.80. The number of phenols is 1. The highest BCUT2D eigenvalue weighted by Gasteiger charge is 2.10. The van der Waals surface area contributed by atoms with Gasteiger partial charge in [-0.3, -0.25) is 0 Å². The summed E-state index contributed by atoms with van der Waals surface area (Å²) in [7, 11) is 1.32. The molecule has 0 heterocycles. The minimum absolute atomic E-state index is 0.343. The first-order valence-corrected chi connectivity index (χ1v) is 6.00. The van der Waals surface area contributed by atoms with E-state index in [0.29, 0.717) is 17.8 Å². The second kappa shape index (κ2) is 6.06. The number of halogens is 1. The average molecular weight is 275 g/mol. The summed E-state index contributed by atoms with van der Waals surface area (Å²) in [6, 6.07) is 11.0. The van der Waals surface area contributed by atoms with Crippen LogP contribution < -0.4 is 5.32 Å². The summed E-state index contributed by atoms with van der Waals surface area (Å²) in [5.41, 5.74) is 1.72. The van der Waals surface area contributed by atoms with Crippen molar-refractivity contribution >= 4 is 11.7 Å². The molecule has 0 saturated carbocycles. The van der Waals surface area contributed by atoms with Crippen molar-refractivity contribution in [1.29, 1.82) is 0 Å². The van der Waals surface area contributed by atoms with Crippen molar-refractivity contribution in [3.8, 4) is 5.75 Å². The van der Waals surface area contributed by atoms with Crippen molar-refractivity contribution in [3.05, 3.63) is 59.4 Å². The predicted molar refractivity (Wildman–Crippen MR) is 73.2 cm³/mol. The maximum atomic E-state index is 13.2. The van der Waals surface area contributed by atoms with Crippen LogP contribution in [0.4, 0.5) is 10.1 Å². The number of hydrogen-bond donors (Lipinski definition) is 2. The van der Waals surface area contributed by atoms with Crippen LogP contribution in [0.2, 0.25) is 0 Å². The van der Waals surface area contributed by atoms with Gasteiger partial charge in [-0.2, -0.15) is 0 Å². The van der Waals surface area contributed by atoms with Crippen LogP contribution in [0.25, 0.3) is 0 Å². The van der Waals surface area contributed by atoms with E-state index < -0.39 is 17.5 Å². The largest absolute Gasteiger partial charge is 0.505 e. The lowest BCUT2D eigenvalue weighted by molar-refractivity contribution is 0.0599. The van der Waals surface area contributed by atoms with Gasteiger partial charge in [-0.1, -0.05) is 18.2 Å². The van der Waals surface area contributed by atoms with Gasteiger partial charge in [-0.05, 0) is 23.8 Å². The minimum Gasteiger partial charge on any atom is -0.505 e. The quantitative estimate of drug-likeness (QED) is 0.665. The summed E-state index contributed by atoms with van der Waals surface area (Å²) < 4.78 is 17.9. The lowest BCUT2D eigenvalue weighted by Gasteiger charge is -2.10. The molecule has 4 nitrogen and oxygen atoms in total. The first-order chi connectivity index (χ1) is 9.61. The van der Waals surface area contributed by atoms with Gasteiger partial charge in [0.2, 0.25) is 0 Å². The van der Waals surface area contributed by atoms with E-state index in [1.807, 2.05) is 0 Å². The molecule has 2 N–H and O–H groups in total. The fraction of sp³-hybridized carbons (Fsp3) is 0.133. The smallest absolute Gasteiger partial charge is 0.338 e. The standard InChI is InChI=1S/C15H14FNO3/c1-20-15(19)12-5-3-2-4-10(12)9-17-11-6-7-14(18)13(16)8-11/h2-8,17-18H,9H2,1H3. The molecule has 2 aromatic rings. The van der Waals surface area contributed by atoms with Gasteiger partial charge in [0.25, 0.3) is 0 Å². The molecular formula is C15H14FNO3. The monoisotopic (exact) mass is 275 g/mol. The average Bonchev–Trinajstić information content (AvgIpc) is 2.48. The van der Waals surface area contributed by atoms with E-state index in [0.717, 1.165) is 5.56 Å². The van der Waals surface area contributed by atoms with Crippen molar-refractivity contribution in [2.24, 2.45) is 0 Å². The van der Waals surface area contributed by atoms with E-state index in [4.69, 9.17) is 9.84 Å². The van der Waals surface area contributed by atoms with Crippen LogP contribution in [0, 0.1) is 5.82 Å². The normalized spacial score (nSPS) is 10.1. The SMILES string of the molecule is COC(=O)c1ccccc1CNc1ccc(O)c(F)c1. The number of anilines is 1. The lowest BCUT2D eigenvalue weighted by atomic mass is 10.1. The van der Waals surface area contributed by atoms with E-state index in [-0.39, 0.29) is 0 Å². The lowest BCUT2D eigenvalue weighted by Crippen LogP contribution is -2.09. The van der Waals surface area contributed by atoms with Crippen molar-refractivity contribution < 1.29 is 19.0 Å². The number of aromatic hydroxyl groups is 1. The van der Waals surface area contributed by atoms with Gasteiger partial charge < -0.3 is 15.2 Å². The number of rotatable bonds is 4. The highest BCUT2D eigenvalue weighted by atomic mass is 19.1. The van der Waals surface area contributed by atoms with Crippen LogP contribution >= 0.6 is 0 Å². The molecule has 0 unspecified atom stereocenters. The fourth-order valence-electron chi connectivity index (χ4n) is 1.80. The van der Waals surface area contributed by atoms with Gasteiger partial charge in [0.05, 0.1) is 12.7 Å². The topological polar surface area (TPSA) is 58.6 Å². The van der Waals surface area contributed by atoms with E-state index >= 15 is 0 Å². The van der Waals surface area contributed by atoms with Gasteiger partial charge in [0, 0.05) is 18.3 Å². The summed E-state index contributed by atoms with van der Waals surface area (Å²) >= 11 is 0. The van der Waals surface area contributed by atoms with Gasteiger partial charge in [0.15, 0.2) is 11.6 Å². The summed E-state index contributed by atoms with van der Waals surface area (Å²) in [4.78, 5) is 11.6. The second-order valence-electron chi connectivity index (χ2n) is 4.17. The molecule has 2 aromatic carbocycles.